The summed E-state index contributed by atoms with van der Waals surface area (Å²) in [6, 6.07) is 21.8. The highest BCUT2D eigenvalue weighted by atomic mass is 32.2. The molecule has 5 rings (SSSR count). The lowest BCUT2D eigenvalue weighted by Crippen LogP contribution is -2.31. The lowest BCUT2D eigenvalue weighted by molar-refractivity contribution is -0.245. The van der Waals surface area contributed by atoms with E-state index >= 15 is 0 Å². The molecule has 2 heterocycles. The van der Waals surface area contributed by atoms with Gasteiger partial charge in [0.05, 0.1) is 24.5 Å². The molecule has 1 aliphatic rings. The Bertz CT molecular complexity index is 1360. The van der Waals surface area contributed by atoms with Crippen LogP contribution >= 0.6 is 11.8 Å². The number of aliphatic hydroxyl groups is 1. The Kier molecular flexibility index (Phi) is 7.99. The summed E-state index contributed by atoms with van der Waals surface area (Å²) in [6.45, 7) is 1.45. The van der Waals surface area contributed by atoms with Crippen LogP contribution in [0.1, 0.15) is 42.4 Å². The summed E-state index contributed by atoms with van der Waals surface area (Å²) >= 11 is 1.47. The Balaban J connectivity index is 1.34. The van der Waals surface area contributed by atoms with E-state index in [1.54, 1.807) is 28.9 Å². The number of tetrazole rings is 1. The van der Waals surface area contributed by atoms with Crippen LogP contribution < -0.4 is 5.32 Å². The number of carbonyl (C=O) groups is 1. The second-order valence-electron chi connectivity index (χ2n) is 8.85. The van der Waals surface area contributed by atoms with Gasteiger partial charge >= 0.3 is 0 Å². The highest BCUT2D eigenvalue weighted by Crippen LogP contribution is 2.39. The number of rotatable bonds is 8. The summed E-state index contributed by atoms with van der Waals surface area (Å²) in [5.74, 6) is 0.606. The molecule has 1 aliphatic heterocycles. The molecule has 196 valence electrons. The molecule has 10 nitrogen and oxygen atoms in total. The summed E-state index contributed by atoms with van der Waals surface area (Å²) in [7, 11) is 0. The van der Waals surface area contributed by atoms with Crippen molar-refractivity contribution in [3.8, 4) is 11.4 Å². The van der Waals surface area contributed by atoms with Gasteiger partial charge in [-0.3, -0.25) is 4.79 Å². The number of nitrogens with zero attached hydrogens (tertiary/aromatic N) is 4. The molecule has 1 saturated heterocycles. The molecule has 0 spiro atoms. The lowest BCUT2D eigenvalue weighted by atomic mass is 10.0. The zero-order valence-electron chi connectivity index (χ0n) is 20.6. The van der Waals surface area contributed by atoms with Gasteiger partial charge in [-0.2, -0.15) is 4.68 Å². The molecule has 1 fully saturated rings. The van der Waals surface area contributed by atoms with Crippen LogP contribution in [0.5, 0.6) is 5.75 Å². The number of ether oxygens (including phenoxy) is 2. The standard InChI is InChI=1S/C27H27N5O5S/c1-17(34)28-21-8-6-20(7-9-21)26-36-24(14-25(37-26)19-4-2-18(15-33)3-5-19)16-38-27-29-30-31-32(27)22-10-12-23(35)13-11-22/h2-13,24-26,33,35H,14-16H2,1H3,(H,28,34). The number of hydrogen-bond donors (Lipinski definition) is 3. The molecule has 3 unspecified atom stereocenters. The molecule has 0 bridgehead atoms. The molecule has 4 aromatic rings. The summed E-state index contributed by atoms with van der Waals surface area (Å²) in [5, 5.41) is 34.4. The topological polar surface area (TPSA) is 132 Å². The van der Waals surface area contributed by atoms with E-state index < -0.39 is 6.29 Å². The third kappa shape index (κ3) is 6.20. The van der Waals surface area contributed by atoms with Gasteiger partial charge < -0.3 is 25.0 Å². The van der Waals surface area contributed by atoms with Gasteiger partial charge in [-0.1, -0.05) is 48.2 Å². The van der Waals surface area contributed by atoms with E-state index in [1.807, 2.05) is 48.5 Å². The molecule has 0 radical (unpaired) electrons. The number of carbonyl (C=O) groups excluding carboxylic acids is 1. The molecule has 0 saturated carbocycles. The van der Waals surface area contributed by atoms with Gasteiger partial charge in [0.1, 0.15) is 5.75 Å². The molecule has 3 atom stereocenters. The van der Waals surface area contributed by atoms with E-state index in [0.29, 0.717) is 23.0 Å². The fourth-order valence-corrected chi connectivity index (χ4v) is 5.05. The minimum absolute atomic E-state index is 0.0206. The first-order chi connectivity index (χ1) is 18.5. The van der Waals surface area contributed by atoms with Crippen LogP contribution in [0, 0.1) is 0 Å². The minimum Gasteiger partial charge on any atom is -0.508 e. The van der Waals surface area contributed by atoms with Gasteiger partial charge in [0.2, 0.25) is 11.1 Å². The van der Waals surface area contributed by atoms with Crippen LogP contribution in [0.15, 0.2) is 78.0 Å². The zero-order chi connectivity index (χ0) is 26.5. The van der Waals surface area contributed by atoms with Crippen molar-refractivity contribution in [3.63, 3.8) is 0 Å². The first-order valence-corrected chi connectivity index (χ1v) is 13.1. The van der Waals surface area contributed by atoms with Gasteiger partial charge in [-0.15, -0.1) is 5.10 Å². The Morgan fingerprint density at radius 2 is 1.74 bits per heavy atom. The average molecular weight is 534 g/mol. The van der Waals surface area contributed by atoms with E-state index in [-0.39, 0.29) is 30.5 Å². The Hall–Kier alpha value is -3.77. The molecular formula is C27H27N5O5S. The first-order valence-electron chi connectivity index (χ1n) is 12.1. The molecule has 3 N–H and O–H groups in total. The molecule has 1 aromatic heterocycles. The Labute approximate surface area is 223 Å². The van der Waals surface area contributed by atoms with Crippen molar-refractivity contribution < 1.29 is 24.5 Å². The second-order valence-corrected chi connectivity index (χ2v) is 9.84. The molecule has 11 heteroatoms. The Morgan fingerprint density at radius 3 is 2.42 bits per heavy atom. The number of aromatic nitrogens is 4. The predicted molar refractivity (Wildman–Crippen MR) is 141 cm³/mol. The highest BCUT2D eigenvalue weighted by molar-refractivity contribution is 7.99. The maximum atomic E-state index is 11.4. The van der Waals surface area contributed by atoms with Crippen LogP contribution in [-0.2, 0) is 20.9 Å². The van der Waals surface area contributed by atoms with Crippen molar-refractivity contribution in [3.05, 3.63) is 89.5 Å². The van der Waals surface area contributed by atoms with Crippen molar-refractivity contribution in [2.75, 3.05) is 11.1 Å². The largest absolute Gasteiger partial charge is 0.508 e. The SMILES string of the molecule is CC(=O)Nc1ccc(C2OC(CSc3nnnn3-c3ccc(O)cc3)CC(c3ccc(CO)cc3)O2)cc1. The number of benzene rings is 3. The molecule has 38 heavy (non-hydrogen) atoms. The third-order valence-corrected chi connectivity index (χ3v) is 7.10. The van der Waals surface area contributed by atoms with Crippen molar-refractivity contribution in [2.45, 2.75) is 43.6 Å². The minimum atomic E-state index is -0.615. The third-order valence-electron chi connectivity index (χ3n) is 6.05. The van der Waals surface area contributed by atoms with Gasteiger partial charge in [0.25, 0.3) is 0 Å². The monoisotopic (exact) mass is 533 g/mol. The van der Waals surface area contributed by atoms with Crippen LogP contribution in [0.2, 0.25) is 0 Å². The first kappa shape index (κ1) is 25.9. The quantitative estimate of drug-likeness (QED) is 0.286. The summed E-state index contributed by atoms with van der Waals surface area (Å²) < 4.78 is 14.4. The molecule has 0 aliphatic carbocycles. The lowest BCUT2D eigenvalue weighted by Gasteiger charge is -2.36. The summed E-state index contributed by atoms with van der Waals surface area (Å²) in [5.41, 5.74) is 4.09. The number of thioether (sulfide) groups is 1. The van der Waals surface area contributed by atoms with Crippen LogP contribution in [-0.4, -0.2) is 48.2 Å². The number of anilines is 1. The molecule has 1 amide bonds. The van der Waals surface area contributed by atoms with E-state index in [1.165, 1.54) is 18.7 Å². The van der Waals surface area contributed by atoms with Crippen LogP contribution in [0.4, 0.5) is 5.69 Å². The molecule has 3 aromatic carbocycles. The van der Waals surface area contributed by atoms with Crippen LogP contribution in [0.25, 0.3) is 5.69 Å². The summed E-state index contributed by atoms with van der Waals surface area (Å²) in [4.78, 5) is 11.4. The number of aliphatic hydroxyl groups excluding tert-OH is 1. The normalized spacial score (nSPS) is 19.3. The molecular weight excluding hydrogens is 506 g/mol. The number of aromatic hydroxyl groups is 1. The van der Waals surface area contributed by atoms with Gasteiger partial charge in [0, 0.05) is 30.3 Å². The zero-order valence-corrected chi connectivity index (χ0v) is 21.4. The highest BCUT2D eigenvalue weighted by Gasteiger charge is 2.32. The van der Waals surface area contributed by atoms with Gasteiger partial charge in [-0.25, -0.2) is 0 Å². The number of hydrogen-bond acceptors (Lipinski definition) is 9. The average Bonchev–Trinajstić information content (AvgIpc) is 3.41. The fourth-order valence-electron chi connectivity index (χ4n) is 4.14. The van der Waals surface area contributed by atoms with E-state index in [2.05, 4.69) is 20.8 Å². The van der Waals surface area contributed by atoms with Crippen LogP contribution in [0.3, 0.4) is 0 Å². The van der Waals surface area contributed by atoms with E-state index in [9.17, 15) is 15.0 Å². The van der Waals surface area contributed by atoms with Crippen molar-refractivity contribution >= 4 is 23.4 Å². The maximum absolute atomic E-state index is 11.4. The predicted octanol–water partition coefficient (Wildman–Crippen LogP) is 4.16. The Morgan fingerprint density at radius 1 is 1.03 bits per heavy atom. The van der Waals surface area contributed by atoms with E-state index in [0.717, 1.165) is 22.4 Å². The number of phenols is 1. The second kappa shape index (κ2) is 11.7. The number of amides is 1. The van der Waals surface area contributed by atoms with Crippen molar-refractivity contribution in [2.24, 2.45) is 0 Å². The van der Waals surface area contributed by atoms with Gasteiger partial charge in [-0.05, 0) is 58.0 Å². The fraction of sp³-hybridized carbons (Fsp3) is 0.259. The maximum Gasteiger partial charge on any atom is 0.221 e. The van der Waals surface area contributed by atoms with Crippen molar-refractivity contribution in [1.29, 1.82) is 0 Å². The van der Waals surface area contributed by atoms with Crippen molar-refractivity contribution in [1.82, 2.24) is 20.2 Å². The summed E-state index contributed by atoms with van der Waals surface area (Å²) in [6.07, 6.45) is -0.403. The number of nitrogens with one attached hydrogen (secondary N) is 1. The smallest absolute Gasteiger partial charge is 0.221 e. The van der Waals surface area contributed by atoms with Gasteiger partial charge in [0.15, 0.2) is 6.29 Å². The van der Waals surface area contributed by atoms with E-state index in [4.69, 9.17) is 9.47 Å². The number of phenolic OH excluding ortho intramolecular Hbond substituents is 1.